The molecule has 9 heteroatoms. The van der Waals surface area contributed by atoms with Crippen LogP contribution in [0.25, 0.3) is 0 Å². The van der Waals surface area contributed by atoms with Gasteiger partial charge in [-0.15, -0.1) is 0 Å². The summed E-state index contributed by atoms with van der Waals surface area (Å²) in [7, 11) is 0. The Balaban J connectivity index is 2.90. The highest BCUT2D eigenvalue weighted by molar-refractivity contribution is 5.80. The molecule has 1 rings (SSSR count). The van der Waals surface area contributed by atoms with E-state index in [1.807, 2.05) is 0 Å². The summed E-state index contributed by atoms with van der Waals surface area (Å²) in [4.78, 5) is 12.1. The monoisotopic (exact) mass is 292 g/mol. The zero-order chi connectivity index (χ0) is 15.0. The summed E-state index contributed by atoms with van der Waals surface area (Å²) < 4.78 is 74.4. The zero-order valence-electron chi connectivity index (χ0n) is 10.1. The number of hydrogen-bond donors (Lipinski definition) is 1. The lowest BCUT2D eigenvalue weighted by Gasteiger charge is -2.37. The fourth-order valence-corrected chi connectivity index (χ4v) is 2.01. The van der Waals surface area contributed by atoms with Crippen LogP contribution in [-0.2, 0) is 4.79 Å². The van der Waals surface area contributed by atoms with Crippen molar-refractivity contribution in [2.45, 2.75) is 31.7 Å². The summed E-state index contributed by atoms with van der Waals surface area (Å²) in [5.41, 5.74) is 5.61. The van der Waals surface area contributed by atoms with E-state index in [2.05, 4.69) is 0 Å². The van der Waals surface area contributed by atoms with Crippen LogP contribution >= 0.6 is 0 Å². The van der Waals surface area contributed by atoms with Gasteiger partial charge in [-0.3, -0.25) is 4.79 Å². The second kappa shape index (κ2) is 5.18. The molecule has 0 spiro atoms. The minimum atomic E-state index is -5.64. The molecule has 0 aromatic carbocycles. The Morgan fingerprint density at radius 3 is 2.05 bits per heavy atom. The Kier molecular flexibility index (Phi) is 4.38. The molecule has 1 saturated heterocycles. The Hall–Kier alpha value is -0.990. The number of carbonyl (C=O) groups excluding carboxylic acids is 1. The van der Waals surface area contributed by atoms with E-state index in [0.29, 0.717) is 4.90 Å². The van der Waals surface area contributed by atoms with Gasteiger partial charge in [-0.05, 0) is 12.3 Å². The molecule has 0 saturated carbocycles. The molecular formula is C10H14F6N2O. The number of alkyl halides is 6. The summed E-state index contributed by atoms with van der Waals surface area (Å²) in [6.07, 6.45) is -11.1. The van der Waals surface area contributed by atoms with Gasteiger partial charge in [0.15, 0.2) is 0 Å². The van der Waals surface area contributed by atoms with E-state index in [1.165, 1.54) is 0 Å². The number of rotatable bonds is 1. The predicted octanol–water partition coefficient (Wildman–Crippen LogP) is 1.92. The van der Waals surface area contributed by atoms with Crippen molar-refractivity contribution in [3.63, 3.8) is 0 Å². The van der Waals surface area contributed by atoms with Gasteiger partial charge in [-0.2, -0.15) is 26.3 Å². The van der Waals surface area contributed by atoms with Gasteiger partial charge in [-0.1, -0.05) is 6.92 Å². The first kappa shape index (κ1) is 16.1. The van der Waals surface area contributed by atoms with E-state index in [4.69, 9.17) is 5.73 Å². The third kappa shape index (κ3) is 3.74. The van der Waals surface area contributed by atoms with Crippen molar-refractivity contribution in [1.29, 1.82) is 0 Å². The summed E-state index contributed by atoms with van der Waals surface area (Å²) >= 11 is 0. The third-order valence-corrected chi connectivity index (χ3v) is 3.18. The first-order chi connectivity index (χ1) is 8.44. The number of piperidine rings is 1. The van der Waals surface area contributed by atoms with E-state index in [0.717, 1.165) is 0 Å². The number of nitrogens with two attached hydrogens (primary N) is 1. The Morgan fingerprint density at radius 2 is 1.68 bits per heavy atom. The van der Waals surface area contributed by atoms with Crippen molar-refractivity contribution in [3.8, 4) is 0 Å². The van der Waals surface area contributed by atoms with Crippen molar-refractivity contribution in [2.24, 2.45) is 17.6 Å². The largest absolute Gasteiger partial charge is 0.409 e. The summed E-state index contributed by atoms with van der Waals surface area (Å²) in [6.45, 7) is 1.20. The molecule has 1 aliphatic rings. The Morgan fingerprint density at radius 1 is 1.21 bits per heavy atom. The molecule has 112 valence electrons. The normalized spacial score (nSPS) is 25.8. The van der Waals surface area contributed by atoms with Gasteiger partial charge in [0, 0.05) is 19.1 Å². The maximum Gasteiger partial charge on any atom is 0.409 e. The van der Waals surface area contributed by atoms with E-state index in [1.54, 1.807) is 6.92 Å². The molecule has 0 bridgehead atoms. The lowest BCUT2D eigenvalue weighted by Crippen LogP contribution is -2.54. The van der Waals surface area contributed by atoms with Crippen molar-refractivity contribution >= 4 is 5.91 Å². The first-order valence-corrected chi connectivity index (χ1v) is 5.62. The maximum absolute atomic E-state index is 12.4. The van der Waals surface area contributed by atoms with Crippen LogP contribution in [-0.4, -0.2) is 42.3 Å². The molecule has 1 heterocycles. The van der Waals surface area contributed by atoms with Crippen LogP contribution in [0.2, 0.25) is 0 Å². The van der Waals surface area contributed by atoms with Gasteiger partial charge in [0.2, 0.25) is 11.8 Å². The van der Waals surface area contributed by atoms with E-state index < -0.39 is 24.2 Å². The maximum atomic E-state index is 12.4. The fraction of sp³-hybridized carbons (Fsp3) is 0.900. The lowest BCUT2D eigenvalue weighted by molar-refractivity contribution is -0.278. The van der Waals surface area contributed by atoms with E-state index in [9.17, 15) is 31.1 Å². The van der Waals surface area contributed by atoms with Crippen LogP contribution in [0.15, 0.2) is 0 Å². The summed E-state index contributed by atoms with van der Waals surface area (Å²) in [6, 6.07) is -0.320. The molecule has 1 aliphatic heterocycles. The highest BCUT2D eigenvalue weighted by Gasteiger charge is 2.62. The topological polar surface area (TPSA) is 46.3 Å². The van der Waals surface area contributed by atoms with Crippen LogP contribution in [0, 0.1) is 11.8 Å². The second-order valence-corrected chi connectivity index (χ2v) is 4.73. The van der Waals surface area contributed by atoms with Gasteiger partial charge in [0.1, 0.15) is 0 Å². The molecular weight excluding hydrogens is 278 g/mol. The minimum absolute atomic E-state index is 0.188. The Bertz CT molecular complexity index is 326. The number of carbonyl (C=O) groups is 1. The number of halogens is 6. The van der Waals surface area contributed by atoms with Crippen LogP contribution in [0.1, 0.15) is 13.3 Å². The summed E-state index contributed by atoms with van der Waals surface area (Å²) in [5, 5.41) is 0. The van der Waals surface area contributed by atoms with Crippen molar-refractivity contribution in [1.82, 2.24) is 4.90 Å². The van der Waals surface area contributed by atoms with Crippen LogP contribution < -0.4 is 5.73 Å². The predicted molar refractivity (Wildman–Crippen MR) is 53.9 cm³/mol. The van der Waals surface area contributed by atoms with Crippen molar-refractivity contribution < 1.29 is 31.1 Å². The molecule has 2 unspecified atom stereocenters. The van der Waals surface area contributed by atoms with Crippen molar-refractivity contribution in [2.75, 3.05) is 13.1 Å². The molecule has 2 atom stereocenters. The number of hydrogen-bond acceptors (Lipinski definition) is 2. The molecule has 0 aromatic heterocycles. The molecule has 0 radical (unpaired) electrons. The number of likely N-dealkylation sites (tertiary alicyclic amines) is 1. The molecule has 19 heavy (non-hydrogen) atoms. The van der Waals surface area contributed by atoms with Gasteiger partial charge in [0.25, 0.3) is 0 Å². The smallest absolute Gasteiger partial charge is 0.341 e. The standard InChI is InChI=1S/C10H14F6N2O/c1-5-4-18(3-2-6(5)17)8(19)7(9(11,12)13)10(14,15)16/h5-7H,2-4,17H2,1H3. The first-order valence-electron chi connectivity index (χ1n) is 5.62. The third-order valence-electron chi connectivity index (χ3n) is 3.18. The van der Waals surface area contributed by atoms with Crippen LogP contribution in [0.4, 0.5) is 26.3 Å². The minimum Gasteiger partial charge on any atom is -0.341 e. The second-order valence-electron chi connectivity index (χ2n) is 4.73. The van der Waals surface area contributed by atoms with Crippen LogP contribution in [0.3, 0.4) is 0 Å². The van der Waals surface area contributed by atoms with Gasteiger partial charge in [-0.25, -0.2) is 0 Å². The Labute approximate surface area is 105 Å². The molecule has 3 nitrogen and oxygen atoms in total. The van der Waals surface area contributed by atoms with Gasteiger partial charge in [0.05, 0.1) is 0 Å². The molecule has 0 aliphatic carbocycles. The highest BCUT2D eigenvalue weighted by atomic mass is 19.4. The molecule has 1 fully saturated rings. The SMILES string of the molecule is CC1CN(C(=O)C(C(F)(F)F)C(F)(F)F)CCC1N. The fourth-order valence-electron chi connectivity index (χ4n) is 2.01. The molecule has 0 aromatic rings. The quantitative estimate of drug-likeness (QED) is 0.751. The number of amides is 1. The van der Waals surface area contributed by atoms with Crippen molar-refractivity contribution in [3.05, 3.63) is 0 Å². The number of nitrogens with zero attached hydrogens (tertiary/aromatic N) is 1. The average Bonchev–Trinajstić information content (AvgIpc) is 2.17. The lowest BCUT2D eigenvalue weighted by atomic mass is 9.93. The molecule has 1 amide bonds. The summed E-state index contributed by atoms with van der Waals surface area (Å²) in [5.74, 6) is -6.24. The van der Waals surface area contributed by atoms with Crippen LogP contribution in [0.5, 0.6) is 0 Å². The zero-order valence-corrected chi connectivity index (χ0v) is 10.1. The van der Waals surface area contributed by atoms with Gasteiger partial charge >= 0.3 is 12.4 Å². The van der Waals surface area contributed by atoms with E-state index in [-0.39, 0.29) is 31.5 Å². The average molecular weight is 292 g/mol. The van der Waals surface area contributed by atoms with E-state index >= 15 is 0 Å². The molecule has 2 N–H and O–H groups in total. The van der Waals surface area contributed by atoms with Gasteiger partial charge < -0.3 is 10.6 Å². The highest BCUT2D eigenvalue weighted by Crippen LogP contribution is 2.40.